The number of alkyl halides is 3. The molecule has 1 aliphatic heterocycles. The molecule has 2 aromatic heterocycles. The number of aromatic nitrogens is 2. The van der Waals surface area contributed by atoms with Gasteiger partial charge < -0.3 is 23.9 Å². The van der Waals surface area contributed by atoms with Crippen molar-refractivity contribution in [2.45, 2.75) is 32.6 Å². The number of para-hydroxylation sites is 1. The van der Waals surface area contributed by atoms with E-state index in [1.807, 2.05) is 4.90 Å². The molecule has 0 atom stereocenters. The van der Waals surface area contributed by atoms with Crippen molar-refractivity contribution < 1.29 is 32.6 Å². The molecule has 192 valence electrons. The first-order chi connectivity index (χ1) is 16.5. The average molecular weight is 497 g/mol. The maximum Gasteiger partial charge on any atom is 0.490 e. The van der Waals surface area contributed by atoms with Gasteiger partial charge in [0.15, 0.2) is 0 Å². The van der Waals surface area contributed by atoms with Gasteiger partial charge in [-0.25, -0.2) is 4.79 Å². The molecule has 8 nitrogen and oxygen atoms in total. The van der Waals surface area contributed by atoms with Crippen LogP contribution in [-0.2, 0) is 23.1 Å². The number of hydrogen-bond acceptors (Lipinski definition) is 4. The van der Waals surface area contributed by atoms with Gasteiger partial charge in [0.2, 0.25) is 0 Å². The summed E-state index contributed by atoms with van der Waals surface area (Å²) in [5.41, 5.74) is 4.17. The average Bonchev–Trinajstić information content (AvgIpc) is 3.33. The van der Waals surface area contributed by atoms with Crippen molar-refractivity contribution in [3.05, 3.63) is 36.0 Å². The van der Waals surface area contributed by atoms with Crippen molar-refractivity contribution in [1.82, 2.24) is 18.9 Å². The molecule has 35 heavy (non-hydrogen) atoms. The summed E-state index contributed by atoms with van der Waals surface area (Å²) in [6.45, 7) is 9.11. The monoisotopic (exact) mass is 496 g/mol. The van der Waals surface area contributed by atoms with E-state index in [0.717, 1.165) is 42.9 Å². The van der Waals surface area contributed by atoms with Crippen LogP contribution in [0.15, 0.2) is 30.3 Å². The number of nitrogens with zero attached hydrogens (tertiary/aromatic N) is 4. The van der Waals surface area contributed by atoms with Crippen LogP contribution in [0.25, 0.3) is 21.9 Å². The molecule has 11 heteroatoms. The van der Waals surface area contributed by atoms with Gasteiger partial charge in [-0.15, -0.1) is 0 Å². The summed E-state index contributed by atoms with van der Waals surface area (Å²) in [5, 5.41) is 8.31. The van der Waals surface area contributed by atoms with Gasteiger partial charge in [-0.1, -0.05) is 18.2 Å². The number of methoxy groups -OCH3 is 1. The lowest BCUT2D eigenvalue weighted by Gasteiger charge is -2.37. The summed E-state index contributed by atoms with van der Waals surface area (Å²) in [6.07, 6.45) is -5.08. The number of aryl methyl sites for hydroxylation is 1. The quantitative estimate of drug-likeness (QED) is 0.584. The van der Waals surface area contributed by atoms with Crippen LogP contribution in [0, 0.1) is 0 Å². The SMILES string of the molecule is COCCn1c(C(=O)N2CCN(C(C)C)CC2)cc2c1c1ccccc1n2C.O=C(O)C(F)(F)F. The van der Waals surface area contributed by atoms with Gasteiger partial charge in [0.1, 0.15) is 5.69 Å². The van der Waals surface area contributed by atoms with Crippen molar-refractivity contribution >= 4 is 33.8 Å². The van der Waals surface area contributed by atoms with Gasteiger partial charge in [0, 0.05) is 58.3 Å². The predicted octanol–water partition coefficient (Wildman–Crippen LogP) is 3.58. The van der Waals surface area contributed by atoms with Crippen molar-refractivity contribution in [2.75, 3.05) is 39.9 Å². The number of carbonyl (C=O) groups is 2. The summed E-state index contributed by atoms with van der Waals surface area (Å²) in [7, 11) is 3.78. The molecule has 1 N–H and O–H groups in total. The normalized spacial score (nSPS) is 15.0. The number of piperazine rings is 1. The predicted molar refractivity (Wildman–Crippen MR) is 127 cm³/mol. The van der Waals surface area contributed by atoms with Gasteiger partial charge in [-0.2, -0.15) is 13.2 Å². The van der Waals surface area contributed by atoms with E-state index in [9.17, 15) is 18.0 Å². The maximum absolute atomic E-state index is 13.4. The highest BCUT2D eigenvalue weighted by Gasteiger charge is 2.38. The lowest BCUT2D eigenvalue weighted by atomic mass is 10.2. The summed E-state index contributed by atoms with van der Waals surface area (Å²) >= 11 is 0. The molecular weight excluding hydrogens is 465 g/mol. The molecule has 0 aliphatic carbocycles. The number of hydrogen-bond donors (Lipinski definition) is 1. The number of fused-ring (bicyclic) bond motifs is 3. The Morgan fingerprint density at radius 3 is 2.23 bits per heavy atom. The Morgan fingerprint density at radius 2 is 1.69 bits per heavy atom. The fourth-order valence-corrected chi connectivity index (χ4v) is 4.37. The van der Waals surface area contributed by atoms with E-state index in [2.05, 4.69) is 65.3 Å². The molecule has 0 spiro atoms. The van der Waals surface area contributed by atoms with E-state index in [1.54, 1.807) is 7.11 Å². The third-order valence-electron chi connectivity index (χ3n) is 6.27. The Morgan fingerprint density at radius 1 is 1.09 bits per heavy atom. The minimum Gasteiger partial charge on any atom is -0.475 e. The van der Waals surface area contributed by atoms with Crippen molar-refractivity contribution in [1.29, 1.82) is 0 Å². The number of carbonyl (C=O) groups excluding carboxylic acids is 1. The van der Waals surface area contributed by atoms with Crippen LogP contribution in [0.1, 0.15) is 24.3 Å². The van der Waals surface area contributed by atoms with Gasteiger partial charge in [0.25, 0.3) is 5.91 Å². The summed E-state index contributed by atoms with van der Waals surface area (Å²) in [6, 6.07) is 11.0. The fourth-order valence-electron chi connectivity index (χ4n) is 4.37. The molecular formula is C24H31F3N4O4. The third-order valence-corrected chi connectivity index (χ3v) is 6.27. The zero-order valence-corrected chi connectivity index (χ0v) is 20.3. The van der Waals surface area contributed by atoms with Crippen LogP contribution in [0.4, 0.5) is 13.2 Å². The number of carboxylic acid groups (broad SMARTS) is 1. The standard InChI is InChI=1S/C22H30N4O2.C2HF3O2/c1-16(2)24-9-11-25(12-10-24)22(27)20-15-19-21(26(20)13-14-28-4)17-7-5-6-8-18(17)23(19)3;3-2(4,5)1(6)7/h5-8,15-16H,9-14H2,1-4H3;(H,6,7). The zero-order chi connectivity index (χ0) is 25.9. The molecule has 0 bridgehead atoms. The second kappa shape index (κ2) is 10.7. The third kappa shape index (κ3) is 5.62. The van der Waals surface area contributed by atoms with Gasteiger partial charge in [0.05, 0.1) is 23.2 Å². The van der Waals surface area contributed by atoms with Crippen molar-refractivity contribution in [3.8, 4) is 0 Å². The lowest BCUT2D eigenvalue weighted by molar-refractivity contribution is -0.192. The minimum absolute atomic E-state index is 0.125. The number of carboxylic acids is 1. The van der Waals surface area contributed by atoms with Gasteiger partial charge >= 0.3 is 12.1 Å². The van der Waals surface area contributed by atoms with Crippen LogP contribution in [0.5, 0.6) is 0 Å². The molecule has 1 fully saturated rings. The number of benzene rings is 1. The highest BCUT2D eigenvalue weighted by atomic mass is 19.4. The zero-order valence-electron chi connectivity index (χ0n) is 20.3. The van der Waals surface area contributed by atoms with Crippen LogP contribution in [0.2, 0.25) is 0 Å². The van der Waals surface area contributed by atoms with Crippen LogP contribution >= 0.6 is 0 Å². The molecule has 4 rings (SSSR count). The lowest BCUT2D eigenvalue weighted by Crippen LogP contribution is -2.51. The van der Waals surface area contributed by atoms with Gasteiger partial charge in [-0.3, -0.25) is 9.69 Å². The molecule has 1 aromatic carbocycles. The topological polar surface area (TPSA) is 79.9 Å². The Bertz CT molecular complexity index is 1190. The largest absolute Gasteiger partial charge is 0.490 e. The second-order valence-electron chi connectivity index (χ2n) is 8.71. The first-order valence-corrected chi connectivity index (χ1v) is 11.4. The first-order valence-electron chi connectivity index (χ1n) is 11.4. The number of rotatable bonds is 5. The van der Waals surface area contributed by atoms with Gasteiger partial charge in [-0.05, 0) is 26.0 Å². The van der Waals surface area contributed by atoms with Crippen LogP contribution in [0.3, 0.4) is 0 Å². The second-order valence-corrected chi connectivity index (χ2v) is 8.71. The Hall–Kier alpha value is -3.05. The molecule has 0 unspecified atom stereocenters. The van der Waals surface area contributed by atoms with Crippen LogP contribution in [-0.4, -0.2) is 88.0 Å². The minimum atomic E-state index is -5.08. The first kappa shape index (κ1) is 26.6. The Balaban J connectivity index is 0.000000429. The number of amides is 1. The molecule has 0 saturated carbocycles. The molecule has 1 aliphatic rings. The van der Waals surface area contributed by atoms with Crippen molar-refractivity contribution in [2.24, 2.45) is 7.05 Å². The van der Waals surface area contributed by atoms with E-state index >= 15 is 0 Å². The maximum atomic E-state index is 13.4. The van der Waals surface area contributed by atoms with Crippen molar-refractivity contribution in [3.63, 3.8) is 0 Å². The highest BCUT2D eigenvalue weighted by molar-refractivity contribution is 6.10. The van der Waals surface area contributed by atoms with E-state index in [4.69, 9.17) is 14.6 Å². The van der Waals surface area contributed by atoms with E-state index in [-0.39, 0.29) is 5.91 Å². The number of aliphatic carboxylic acids is 1. The summed E-state index contributed by atoms with van der Waals surface area (Å²) in [4.78, 5) is 26.7. The number of halogens is 3. The Kier molecular flexibility index (Phi) is 8.11. The highest BCUT2D eigenvalue weighted by Crippen LogP contribution is 2.31. The summed E-state index contributed by atoms with van der Waals surface area (Å²) in [5.74, 6) is -2.63. The van der Waals surface area contributed by atoms with E-state index < -0.39 is 12.1 Å². The Labute approximate surface area is 201 Å². The van der Waals surface area contributed by atoms with E-state index in [1.165, 1.54) is 10.9 Å². The fraction of sp³-hybridized carbons (Fsp3) is 0.500. The summed E-state index contributed by atoms with van der Waals surface area (Å²) < 4.78 is 41.4. The van der Waals surface area contributed by atoms with Crippen LogP contribution < -0.4 is 0 Å². The molecule has 1 saturated heterocycles. The molecule has 3 aromatic rings. The number of ether oxygens (including phenoxy) is 1. The van der Waals surface area contributed by atoms with E-state index in [0.29, 0.717) is 19.2 Å². The molecule has 1 amide bonds. The molecule has 3 heterocycles. The smallest absolute Gasteiger partial charge is 0.475 e. The molecule has 0 radical (unpaired) electrons.